The molecule has 0 saturated heterocycles. The van der Waals surface area contributed by atoms with Crippen LogP contribution in [-0.4, -0.2) is 32.2 Å². The van der Waals surface area contributed by atoms with Crippen molar-refractivity contribution in [1.82, 2.24) is 19.7 Å². The van der Waals surface area contributed by atoms with Gasteiger partial charge in [0.2, 0.25) is 5.91 Å². The van der Waals surface area contributed by atoms with Gasteiger partial charge in [0.15, 0.2) is 5.65 Å². The van der Waals surface area contributed by atoms with Crippen molar-refractivity contribution in [3.05, 3.63) is 39.8 Å². The fraction of sp³-hybridized carbons (Fsp3) is 0.250. The van der Waals surface area contributed by atoms with Crippen molar-refractivity contribution in [2.45, 2.75) is 13.1 Å². The Balaban J connectivity index is 1.82. The highest BCUT2D eigenvalue weighted by Crippen LogP contribution is 2.37. The number of hydrogen-bond acceptors (Lipinski definition) is 5. The van der Waals surface area contributed by atoms with Crippen molar-refractivity contribution < 1.29 is 18.0 Å². The van der Waals surface area contributed by atoms with Crippen LogP contribution in [0.3, 0.4) is 0 Å². The minimum atomic E-state index is -4.60. The van der Waals surface area contributed by atoms with Crippen molar-refractivity contribution in [2.24, 2.45) is 7.05 Å². The number of nitrogens with zero attached hydrogens (tertiary/aromatic N) is 4. The minimum absolute atomic E-state index is 0.0583. The quantitative estimate of drug-likeness (QED) is 0.607. The molecule has 0 bridgehead atoms. The molecule has 12 heteroatoms. The van der Waals surface area contributed by atoms with Crippen LogP contribution in [0.15, 0.2) is 18.2 Å². The van der Waals surface area contributed by atoms with Crippen molar-refractivity contribution >= 4 is 51.6 Å². The van der Waals surface area contributed by atoms with Gasteiger partial charge in [0.05, 0.1) is 23.2 Å². The predicted molar refractivity (Wildman–Crippen MR) is 99.6 cm³/mol. The fourth-order valence-corrected chi connectivity index (χ4v) is 3.13. The van der Waals surface area contributed by atoms with E-state index in [1.165, 1.54) is 30.8 Å². The molecule has 0 spiro atoms. The summed E-state index contributed by atoms with van der Waals surface area (Å²) in [5.41, 5.74) is -0.298. The van der Waals surface area contributed by atoms with Gasteiger partial charge < -0.3 is 10.6 Å². The molecule has 0 aliphatic heterocycles. The summed E-state index contributed by atoms with van der Waals surface area (Å²) >= 11 is 11.5. The maximum Gasteiger partial charge on any atom is 0.417 e. The van der Waals surface area contributed by atoms with Crippen LogP contribution in [0.1, 0.15) is 11.3 Å². The SMILES string of the molecule is Cc1nn(C)c2nc(NCC(=O)Nc3cc(Cl)nc(Cl)c3)cc(C(F)(F)F)c12. The molecular weight excluding hydrogens is 420 g/mol. The Morgan fingerprint density at radius 2 is 1.82 bits per heavy atom. The molecule has 3 aromatic heterocycles. The first-order valence-corrected chi connectivity index (χ1v) is 8.58. The topological polar surface area (TPSA) is 84.7 Å². The van der Waals surface area contributed by atoms with Gasteiger partial charge in [-0.25, -0.2) is 9.97 Å². The molecule has 3 rings (SSSR count). The minimum Gasteiger partial charge on any atom is -0.361 e. The first kappa shape index (κ1) is 20.2. The summed E-state index contributed by atoms with van der Waals surface area (Å²) in [5, 5.41) is 9.19. The maximum absolute atomic E-state index is 13.4. The summed E-state index contributed by atoms with van der Waals surface area (Å²) in [5.74, 6) is -0.640. The summed E-state index contributed by atoms with van der Waals surface area (Å²) in [4.78, 5) is 20.0. The van der Waals surface area contributed by atoms with Crippen LogP contribution in [0.25, 0.3) is 11.0 Å². The highest BCUT2D eigenvalue weighted by Gasteiger charge is 2.35. The average molecular weight is 433 g/mol. The largest absolute Gasteiger partial charge is 0.417 e. The number of carbonyl (C=O) groups is 1. The number of aryl methyl sites for hydroxylation is 2. The Hall–Kier alpha value is -2.59. The van der Waals surface area contributed by atoms with Gasteiger partial charge in [-0.05, 0) is 25.1 Å². The first-order valence-electron chi connectivity index (χ1n) is 7.83. The zero-order valence-electron chi connectivity index (χ0n) is 14.5. The molecule has 0 aliphatic carbocycles. The summed E-state index contributed by atoms with van der Waals surface area (Å²) in [6.07, 6.45) is -4.60. The Labute approximate surface area is 166 Å². The van der Waals surface area contributed by atoms with Gasteiger partial charge in [0.25, 0.3) is 0 Å². The van der Waals surface area contributed by atoms with Gasteiger partial charge in [0.1, 0.15) is 16.1 Å². The number of amides is 1. The van der Waals surface area contributed by atoms with Crippen molar-refractivity contribution in [3.63, 3.8) is 0 Å². The normalized spacial score (nSPS) is 11.7. The number of halogens is 5. The molecule has 1 amide bonds. The van der Waals surface area contributed by atoms with Crippen LogP contribution in [0.2, 0.25) is 10.3 Å². The zero-order valence-corrected chi connectivity index (χ0v) is 16.0. The first-order chi connectivity index (χ1) is 13.0. The Morgan fingerprint density at radius 3 is 2.43 bits per heavy atom. The van der Waals surface area contributed by atoms with Gasteiger partial charge in [0, 0.05) is 12.7 Å². The molecule has 0 fully saturated rings. The molecule has 148 valence electrons. The molecule has 0 unspecified atom stereocenters. The van der Waals surface area contributed by atoms with Gasteiger partial charge in [-0.1, -0.05) is 23.2 Å². The van der Waals surface area contributed by atoms with E-state index in [0.29, 0.717) is 5.69 Å². The van der Waals surface area contributed by atoms with Crippen molar-refractivity contribution in [1.29, 1.82) is 0 Å². The Morgan fingerprint density at radius 1 is 1.18 bits per heavy atom. The molecular formula is C16H13Cl2F3N6O. The number of alkyl halides is 3. The van der Waals surface area contributed by atoms with E-state index in [1.807, 2.05) is 0 Å². The standard InChI is InChI=1S/C16H13Cl2F3N6O/c1-7-14-9(16(19,20)21)5-12(25-15(14)27(2)26-7)22-6-13(28)23-8-3-10(17)24-11(18)4-8/h3-5H,6H2,1-2H3,(H,22,25)(H,23,24,28). The zero-order chi connectivity index (χ0) is 20.6. The molecule has 0 aromatic carbocycles. The van der Waals surface area contributed by atoms with Crippen LogP contribution in [0.4, 0.5) is 24.7 Å². The third kappa shape index (κ3) is 4.28. The van der Waals surface area contributed by atoms with Crippen LogP contribution >= 0.6 is 23.2 Å². The number of fused-ring (bicyclic) bond motifs is 1. The van der Waals surface area contributed by atoms with E-state index >= 15 is 0 Å². The van der Waals surface area contributed by atoms with Crippen LogP contribution in [-0.2, 0) is 18.0 Å². The molecule has 3 heterocycles. The number of carbonyl (C=O) groups excluding carboxylic acids is 1. The highest BCUT2D eigenvalue weighted by molar-refractivity contribution is 6.33. The van der Waals surface area contributed by atoms with Crippen molar-refractivity contribution in [2.75, 3.05) is 17.2 Å². The molecule has 0 atom stereocenters. The monoisotopic (exact) mass is 432 g/mol. The van der Waals surface area contributed by atoms with Crippen LogP contribution in [0.5, 0.6) is 0 Å². The summed E-state index contributed by atoms with van der Waals surface area (Å²) < 4.78 is 41.6. The van der Waals surface area contributed by atoms with Crippen LogP contribution in [0, 0.1) is 6.92 Å². The number of pyridine rings is 2. The second kappa shape index (κ2) is 7.44. The second-order valence-electron chi connectivity index (χ2n) is 5.86. The third-order valence-electron chi connectivity index (χ3n) is 3.75. The number of aromatic nitrogens is 4. The van der Waals surface area contributed by atoms with E-state index in [2.05, 4.69) is 25.7 Å². The van der Waals surface area contributed by atoms with Crippen LogP contribution < -0.4 is 10.6 Å². The second-order valence-corrected chi connectivity index (χ2v) is 6.64. The van der Waals surface area contributed by atoms with E-state index in [0.717, 1.165) is 6.07 Å². The lowest BCUT2D eigenvalue weighted by atomic mass is 10.1. The summed E-state index contributed by atoms with van der Waals surface area (Å²) in [7, 11) is 1.50. The lowest BCUT2D eigenvalue weighted by molar-refractivity contribution is -0.136. The average Bonchev–Trinajstić information content (AvgIpc) is 2.85. The van der Waals surface area contributed by atoms with E-state index in [9.17, 15) is 18.0 Å². The lowest BCUT2D eigenvalue weighted by Gasteiger charge is -2.12. The molecule has 3 aromatic rings. The molecule has 0 saturated carbocycles. The fourth-order valence-electron chi connectivity index (χ4n) is 2.67. The highest BCUT2D eigenvalue weighted by atomic mass is 35.5. The van der Waals surface area contributed by atoms with E-state index in [-0.39, 0.29) is 39.4 Å². The molecule has 7 nitrogen and oxygen atoms in total. The van der Waals surface area contributed by atoms with Gasteiger partial charge in [-0.3, -0.25) is 9.48 Å². The molecule has 2 N–H and O–H groups in total. The van der Waals surface area contributed by atoms with Gasteiger partial charge in [-0.15, -0.1) is 0 Å². The molecule has 28 heavy (non-hydrogen) atoms. The summed E-state index contributed by atoms with van der Waals surface area (Å²) in [6.45, 7) is 1.15. The number of anilines is 2. The number of hydrogen-bond donors (Lipinski definition) is 2. The van der Waals surface area contributed by atoms with E-state index in [4.69, 9.17) is 23.2 Å². The summed E-state index contributed by atoms with van der Waals surface area (Å²) in [6, 6.07) is 3.62. The van der Waals surface area contributed by atoms with E-state index < -0.39 is 17.6 Å². The maximum atomic E-state index is 13.4. The Kier molecular flexibility index (Phi) is 5.35. The number of nitrogens with one attached hydrogen (secondary N) is 2. The van der Waals surface area contributed by atoms with E-state index in [1.54, 1.807) is 0 Å². The molecule has 0 aliphatic rings. The lowest BCUT2D eigenvalue weighted by Crippen LogP contribution is -2.22. The van der Waals surface area contributed by atoms with Crippen molar-refractivity contribution in [3.8, 4) is 0 Å². The van der Waals surface area contributed by atoms with Gasteiger partial charge >= 0.3 is 6.18 Å². The molecule has 0 radical (unpaired) electrons. The smallest absolute Gasteiger partial charge is 0.361 e. The Bertz CT molecular complexity index is 1050. The number of rotatable bonds is 4. The third-order valence-corrected chi connectivity index (χ3v) is 4.14. The predicted octanol–water partition coefficient (Wildman–Crippen LogP) is 4.05. The van der Waals surface area contributed by atoms with Gasteiger partial charge in [-0.2, -0.15) is 18.3 Å².